The molecule has 6 nitrogen and oxygen atoms in total. The summed E-state index contributed by atoms with van der Waals surface area (Å²) >= 11 is 0. The summed E-state index contributed by atoms with van der Waals surface area (Å²) in [4.78, 5) is 18.8. The molecule has 22 heavy (non-hydrogen) atoms. The quantitative estimate of drug-likeness (QED) is 0.908. The van der Waals surface area contributed by atoms with Crippen LogP contribution in [0.2, 0.25) is 0 Å². The van der Waals surface area contributed by atoms with Gasteiger partial charge in [0.2, 0.25) is 0 Å². The minimum Gasteiger partial charge on any atom is -0.333 e. The summed E-state index contributed by atoms with van der Waals surface area (Å²) in [6.07, 6.45) is 0. The normalized spacial score (nSPS) is 18.5. The van der Waals surface area contributed by atoms with Crippen LogP contribution in [-0.2, 0) is 0 Å². The Kier molecular flexibility index (Phi) is 3.94. The van der Waals surface area contributed by atoms with Crippen molar-refractivity contribution >= 4 is 5.91 Å². The number of nitrogens with one attached hydrogen (secondary N) is 1. The van der Waals surface area contributed by atoms with E-state index < -0.39 is 0 Å². The Morgan fingerprint density at radius 1 is 1.27 bits per heavy atom. The van der Waals surface area contributed by atoms with Crippen LogP contribution in [-0.4, -0.2) is 51.2 Å². The first kappa shape index (κ1) is 14.7. The van der Waals surface area contributed by atoms with Crippen LogP contribution >= 0.6 is 0 Å². The van der Waals surface area contributed by atoms with Gasteiger partial charge >= 0.3 is 0 Å². The molecule has 0 unspecified atom stereocenters. The minimum atomic E-state index is 0.0899. The third-order valence-electron chi connectivity index (χ3n) is 4.00. The lowest BCUT2D eigenvalue weighted by Gasteiger charge is -2.34. The summed E-state index contributed by atoms with van der Waals surface area (Å²) in [5.41, 5.74) is 1.63. The fourth-order valence-electron chi connectivity index (χ4n) is 2.82. The molecule has 1 saturated heterocycles. The molecule has 2 aromatic rings. The van der Waals surface area contributed by atoms with Crippen molar-refractivity contribution in [3.05, 3.63) is 41.5 Å². The van der Waals surface area contributed by atoms with Gasteiger partial charge in [-0.2, -0.15) is 5.10 Å². The summed E-state index contributed by atoms with van der Waals surface area (Å²) in [6, 6.07) is 7.79. The Bertz CT molecular complexity index is 676. The number of amides is 1. The summed E-state index contributed by atoms with van der Waals surface area (Å²) < 4.78 is 1.79. The average Bonchev–Trinajstić information content (AvgIpc) is 2.86. The molecule has 1 aromatic heterocycles. The minimum absolute atomic E-state index is 0.0899. The summed E-state index contributed by atoms with van der Waals surface area (Å²) in [7, 11) is 0. The third-order valence-corrected chi connectivity index (χ3v) is 4.00. The van der Waals surface area contributed by atoms with E-state index in [0.717, 1.165) is 37.0 Å². The van der Waals surface area contributed by atoms with Gasteiger partial charge in [-0.1, -0.05) is 0 Å². The molecular formula is C16H21N5O. The molecule has 0 saturated carbocycles. The number of rotatable bonds is 2. The van der Waals surface area contributed by atoms with Gasteiger partial charge in [0.1, 0.15) is 11.6 Å². The van der Waals surface area contributed by atoms with E-state index in [4.69, 9.17) is 0 Å². The monoisotopic (exact) mass is 299 g/mol. The molecule has 0 spiro atoms. The molecule has 1 amide bonds. The molecule has 0 radical (unpaired) electrons. The van der Waals surface area contributed by atoms with E-state index in [1.807, 2.05) is 43.0 Å². The Balaban J connectivity index is 1.82. The molecule has 3 rings (SSSR count). The Labute approximate surface area is 130 Å². The summed E-state index contributed by atoms with van der Waals surface area (Å²) in [5, 5.41) is 7.66. The number of carbonyl (C=O) groups excluding carboxylic acids is 1. The van der Waals surface area contributed by atoms with Gasteiger partial charge in [0.25, 0.3) is 5.91 Å². The van der Waals surface area contributed by atoms with Crippen LogP contribution in [0, 0.1) is 13.8 Å². The number of aryl methyl sites for hydroxylation is 2. The second-order valence-corrected chi connectivity index (χ2v) is 5.72. The summed E-state index contributed by atoms with van der Waals surface area (Å²) in [5.74, 6) is 1.67. The highest BCUT2D eigenvalue weighted by Crippen LogP contribution is 2.14. The zero-order valence-electron chi connectivity index (χ0n) is 13.2. The van der Waals surface area contributed by atoms with Gasteiger partial charge in [-0.05, 0) is 45.0 Å². The van der Waals surface area contributed by atoms with Crippen LogP contribution in [0.3, 0.4) is 0 Å². The van der Waals surface area contributed by atoms with Crippen molar-refractivity contribution in [3.63, 3.8) is 0 Å². The number of nitrogens with zero attached hydrogens (tertiary/aromatic N) is 4. The highest BCUT2D eigenvalue weighted by Gasteiger charge is 2.23. The number of aromatic nitrogens is 3. The topological polar surface area (TPSA) is 63.1 Å². The molecule has 0 aliphatic carbocycles. The van der Waals surface area contributed by atoms with Crippen molar-refractivity contribution in [1.82, 2.24) is 25.0 Å². The molecule has 1 aromatic carbocycles. The van der Waals surface area contributed by atoms with Crippen molar-refractivity contribution < 1.29 is 4.79 Å². The first-order valence-corrected chi connectivity index (χ1v) is 7.58. The number of carbonyl (C=O) groups is 1. The van der Waals surface area contributed by atoms with Crippen LogP contribution in [0.4, 0.5) is 0 Å². The van der Waals surface area contributed by atoms with E-state index in [9.17, 15) is 4.79 Å². The molecule has 1 N–H and O–H groups in total. The van der Waals surface area contributed by atoms with Gasteiger partial charge in [-0.15, -0.1) is 0 Å². The van der Waals surface area contributed by atoms with E-state index in [0.29, 0.717) is 5.56 Å². The zero-order valence-corrected chi connectivity index (χ0v) is 13.2. The van der Waals surface area contributed by atoms with Crippen molar-refractivity contribution in [3.8, 4) is 5.69 Å². The highest BCUT2D eigenvalue weighted by molar-refractivity contribution is 5.94. The first-order valence-electron chi connectivity index (χ1n) is 7.58. The van der Waals surface area contributed by atoms with Gasteiger partial charge in [-0.25, -0.2) is 9.67 Å². The number of hydrogen-bond donors (Lipinski definition) is 1. The molecule has 2 heterocycles. The largest absolute Gasteiger partial charge is 0.333 e. The molecule has 1 aliphatic rings. The Hall–Kier alpha value is -2.21. The Morgan fingerprint density at radius 2 is 2.00 bits per heavy atom. The lowest BCUT2D eigenvalue weighted by atomic mass is 10.1. The van der Waals surface area contributed by atoms with Crippen LogP contribution in [0.15, 0.2) is 24.3 Å². The predicted octanol–water partition coefficient (Wildman–Crippen LogP) is 1.32. The van der Waals surface area contributed by atoms with Gasteiger partial charge < -0.3 is 10.2 Å². The van der Waals surface area contributed by atoms with Crippen molar-refractivity contribution in [2.45, 2.75) is 26.8 Å². The van der Waals surface area contributed by atoms with Crippen LogP contribution < -0.4 is 5.32 Å². The molecule has 1 atom stereocenters. The molecule has 116 valence electrons. The van der Waals surface area contributed by atoms with Crippen molar-refractivity contribution in [2.24, 2.45) is 0 Å². The van der Waals surface area contributed by atoms with Gasteiger partial charge in [-0.3, -0.25) is 4.79 Å². The van der Waals surface area contributed by atoms with E-state index in [2.05, 4.69) is 22.3 Å². The lowest BCUT2D eigenvalue weighted by Crippen LogP contribution is -2.52. The van der Waals surface area contributed by atoms with Crippen LogP contribution in [0.1, 0.15) is 28.9 Å². The van der Waals surface area contributed by atoms with Gasteiger partial charge in [0.15, 0.2) is 0 Å². The smallest absolute Gasteiger partial charge is 0.254 e. The fraction of sp³-hybridized carbons (Fsp3) is 0.438. The molecule has 6 heteroatoms. The summed E-state index contributed by atoms with van der Waals surface area (Å²) in [6.45, 7) is 8.31. The van der Waals surface area contributed by atoms with E-state index in [-0.39, 0.29) is 11.9 Å². The van der Waals surface area contributed by atoms with Crippen LogP contribution in [0.25, 0.3) is 5.69 Å². The number of hydrogen-bond acceptors (Lipinski definition) is 4. The number of benzene rings is 1. The zero-order chi connectivity index (χ0) is 15.7. The standard InChI is InChI=1S/C16H21N5O/c1-11-10-17-8-9-20(11)16(22)14-4-6-15(7-5-14)21-13(3)18-12(2)19-21/h4-7,11,17H,8-10H2,1-3H3/t11-/m0/s1. The average molecular weight is 299 g/mol. The molecule has 1 aliphatic heterocycles. The SMILES string of the molecule is Cc1nc(C)n(-c2ccc(C(=O)N3CCNC[C@@H]3C)cc2)n1. The maximum atomic E-state index is 12.6. The highest BCUT2D eigenvalue weighted by atomic mass is 16.2. The van der Waals surface area contributed by atoms with E-state index >= 15 is 0 Å². The number of piperazine rings is 1. The predicted molar refractivity (Wildman–Crippen MR) is 84.2 cm³/mol. The lowest BCUT2D eigenvalue weighted by molar-refractivity contribution is 0.0656. The van der Waals surface area contributed by atoms with Crippen molar-refractivity contribution in [1.29, 1.82) is 0 Å². The third kappa shape index (κ3) is 2.74. The molecular weight excluding hydrogens is 278 g/mol. The van der Waals surface area contributed by atoms with Crippen LogP contribution in [0.5, 0.6) is 0 Å². The second kappa shape index (κ2) is 5.88. The molecule has 1 fully saturated rings. The van der Waals surface area contributed by atoms with Gasteiger partial charge in [0.05, 0.1) is 5.69 Å². The van der Waals surface area contributed by atoms with Gasteiger partial charge in [0, 0.05) is 31.2 Å². The second-order valence-electron chi connectivity index (χ2n) is 5.72. The van der Waals surface area contributed by atoms with Crippen molar-refractivity contribution in [2.75, 3.05) is 19.6 Å². The van der Waals surface area contributed by atoms with E-state index in [1.165, 1.54) is 0 Å². The maximum absolute atomic E-state index is 12.6. The fourth-order valence-corrected chi connectivity index (χ4v) is 2.82. The molecule has 0 bridgehead atoms. The van der Waals surface area contributed by atoms with E-state index in [1.54, 1.807) is 4.68 Å². The maximum Gasteiger partial charge on any atom is 0.254 e. The first-order chi connectivity index (χ1) is 10.6. The Morgan fingerprint density at radius 3 is 2.59 bits per heavy atom.